The SMILES string of the molecule is CCCCCCO.O=C1CCCCC1. The Morgan fingerprint density at radius 1 is 1.07 bits per heavy atom. The van der Waals surface area contributed by atoms with E-state index in [4.69, 9.17) is 5.11 Å². The van der Waals surface area contributed by atoms with E-state index in [1.165, 1.54) is 25.7 Å². The van der Waals surface area contributed by atoms with Crippen molar-refractivity contribution in [2.75, 3.05) is 6.61 Å². The molecule has 0 heterocycles. The van der Waals surface area contributed by atoms with Gasteiger partial charge in [0.2, 0.25) is 0 Å². The van der Waals surface area contributed by atoms with E-state index in [2.05, 4.69) is 6.92 Å². The van der Waals surface area contributed by atoms with Gasteiger partial charge in [-0.15, -0.1) is 0 Å². The summed E-state index contributed by atoms with van der Waals surface area (Å²) in [5.74, 6) is 0.464. The fraction of sp³-hybridized carbons (Fsp3) is 0.917. The highest BCUT2D eigenvalue weighted by Crippen LogP contribution is 2.12. The minimum atomic E-state index is 0.361. The van der Waals surface area contributed by atoms with Gasteiger partial charge in [0, 0.05) is 19.4 Å². The Bertz CT molecular complexity index is 120. The van der Waals surface area contributed by atoms with Crippen molar-refractivity contribution in [2.45, 2.75) is 64.7 Å². The second-order valence-electron chi connectivity index (χ2n) is 3.88. The highest BCUT2D eigenvalue weighted by Gasteiger charge is 2.05. The lowest BCUT2D eigenvalue weighted by Crippen LogP contribution is -2.02. The van der Waals surface area contributed by atoms with Gasteiger partial charge in [0.15, 0.2) is 0 Å². The summed E-state index contributed by atoms with van der Waals surface area (Å²) in [6.45, 7) is 2.53. The van der Waals surface area contributed by atoms with E-state index in [0.717, 1.165) is 32.1 Å². The van der Waals surface area contributed by atoms with Crippen molar-refractivity contribution < 1.29 is 9.90 Å². The summed E-state index contributed by atoms with van der Waals surface area (Å²) in [5, 5.41) is 8.29. The maximum atomic E-state index is 10.5. The second-order valence-corrected chi connectivity index (χ2v) is 3.88. The fourth-order valence-corrected chi connectivity index (χ4v) is 1.48. The molecule has 0 radical (unpaired) electrons. The minimum absolute atomic E-state index is 0.361. The van der Waals surface area contributed by atoms with Crippen LogP contribution in [0.4, 0.5) is 0 Å². The number of aliphatic hydroxyl groups excluding tert-OH is 1. The number of carbonyl (C=O) groups is 1. The zero-order chi connectivity index (χ0) is 10.6. The molecule has 2 heteroatoms. The zero-order valence-electron chi connectivity index (χ0n) is 9.43. The predicted molar refractivity (Wildman–Crippen MR) is 59.3 cm³/mol. The molecule has 0 unspecified atom stereocenters. The van der Waals surface area contributed by atoms with Gasteiger partial charge in [-0.1, -0.05) is 32.6 Å². The van der Waals surface area contributed by atoms with Crippen molar-refractivity contribution in [2.24, 2.45) is 0 Å². The van der Waals surface area contributed by atoms with Gasteiger partial charge < -0.3 is 5.11 Å². The van der Waals surface area contributed by atoms with Crippen LogP contribution in [-0.2, 0) is 4.79 Å². The van der Waals surface area contributed by atoms with Gasteiger partial charge in [-0.25, -0.2) is 0 Å². The lowest BCUT2D eigenvalue weighted by molar-refractivity contribution is -0.120. The molecule has 1 saturated carbocycles. The number of hydrogen-bond acceptors (Lipinski definition) is 2. The van der Waals surface area contributed by atoms with Gasteiger partial charge in [0.25, 0.3) is 0 Å². The van der Waals surface area contributed by atoms with Crippen LogP contribution in [0.15, 0.2) is 0 Å². The Balaban J connectivity index is 0.000000241. The van der Waals surface area contributed by atoms with Gasteiger partial charge in [-0.2, -0.15) is 0 Å². The number of Topliss-reactive ketones (excluding diaryl/α,β-unsaturated/α-hetero) is 1. The Kier molecular flexibility index (Phi) is 10.4. The van der Waals surface area contributed by atoms with Crippen LogP contribution in [0.25, 0.3) is 0 Å². The van der Waals surface area contributed by atoms with Crippen LogP contribution < -0.4 is 0 Å². The Morgan fingerprint density at radius 2 is 1.71 bits per heavy atom. The molecule has 0 atom stereocenters. The molecule has 0 saturated heterocycles. The molecular formula is C12H24O2. The molecule has 0 aromatic carbocycles. The molecule has 0 aliphatic heterocycles. The summed E-state index contributed by atoms with van der Waals surface area (Å²) in [6.07, 6.45) is 9.92. The van der Waals surface area contributed by atoms with Crippen LogP contribution in [0.2, 0.25) is 0 Å². The Morgan fingerprint density at radius 3 is 2.07 bits per heavy atom. The summed E-state index contributed by atoms with van der Waals surface area (Å²) in [4.78, 5) is 10.5. The fourth-order valence-electron chi connectivity index (χ4n) is 1.48. The number of unbranched alkanes of at least 4 members (excludes halogenated alkanes) is 3. The molecule has 1 rings (SSSR count). The lowest BCUT2D eigenvalue weighted by Gasteiger charge is -2.05. The molecule has 1 N–H and O–H groups in total. The third kappa shape index (κ3) is 9.72. The second kappa shape index (κ2) is 10.7. The van der Waals surface area contributed by atoms with Crippen LogP contribution in [-0.4, -0.2) is 17.5 Å². The highest BCUT2D eigenvalue weighted by atomic mass is 16.2. The molecule has 0 aromatic rings. The number of carbonyl (C=O) groups excluding carboxylic acids is 1. The molecule has 14 heavy (non-hydrogen) atoms. The molecule has 1 aliphatic carbocycles. The molecule has 1 fully saturated rings. The van der Waals surface area contributed by atoms with E-state index in [0.29, 0.717) is 12.4 Å². The first-order chi connectivity index (χ1) is 6.81. The first kappa shape index (κ1) is 13.6. The minimum Gasteiger partial charge on any atom is -0.396 e. The maximum Gasteiger partial charge on any atom is 0.132 e. The Hall–Kier alpha value is -0.370. The van der Waals surface area contributed by atoms with E-state index >= 15 is 0 Å². The van der Waals surface area contributed by atoms with Crippen molar-refractivity contribution in [3.63, 3.8) is 0 Å². The van der Waals surface area contributed by atoms with Crippen LogP contribution in [0, 0.1) is 0 Å². The molecular weight excluding hydrogens is 176 g/mol. The van der Waals surface area contributed by atoms with Crippen molar-refractivity contribution >= 4 is 5.78 Å². The lowest BCUT2D eigenvalue weighted by atomic mass is 10.00. The summed E-state index contributed by atoms with van der Waals surface area (Å²) in [6, 6.07) is 0. The number of ketones is 1. The van der Waals surface area contributed by atoms with Crippen LogP contribution >= 0.6 is 0 Å². The average molecular weight is 200 g/mol. The van der Waals surface area contributed by atoms with Crippen molar-refractivity contribution in [1.82, 2.24) is 0 Å². The van der Waals surface area contributed by atoms with Crippen LogP contribution in [0.5, 0.6) is 0 Å². The third-order valence-electron chi connectivity index (χ3n) is 2.42. The summed E-state index contributed by atoms with van der Waals surface area (Å²) >= 11 is 0. The zero-order valence-corrected chi connectivity index (χ0v) is 9.43. The number of rotatable bonds is 4. The van der Waals surface area contributed by atoms with Crippen molar-refractivity contribution in [1.29, 1.82) is 0 Å². The summed E-state index contributed by atoms with van der Waals surface area (Å²) in [7, 11) is 0. The number of hydrogen-bond donors (Lipinski definition) is 1. The van der Waals surface area contributed by atoms with E-state index < -0.39 is 0 Å². The summed E-state index contributed by atoms with van der Waals surface area (Å²) in [5.41, 5.74) is 0. The van der Waals surface area contributed by atoms with Gasteiger partial charge in [-0.05, 0) is 19.3 Å². The highest BCUT2D eigenvalue weighted by molar-refractivity contribution is 5.78. The van der Waals surface area contributed by atoms with Crippen LogP contribution in [0.3, 0.4) is 0 Å². The van der Waals surface area contributed by atoms with Crippen LogP contribution in [0.1, 0.15) is 64.7 Å². The first-order valence-corrected chi connectivity index (χ1v) is 5.93. The van der Waals surface area contributed by atoms with Gasteiger partial charge >= 0.3 is 0 Å². The van der Waals surface area contributed by atoms with E-state index in [9.17, 15) is 4.79 Å². The molecule has 0 amide bonds. The van der Waals surface area contributed by atoms with Crippen molar-refractivity contribution in [3.05, 3.63) is 0 Å². The molecule has 1 aliphatic rings. The maximum absolute atomic E-state index is 10.5. The van der Waals surface area contributed by atoms with E-state index in [1.807, 2.05) is 0 Å². The molecule has 84 valence electrons. The molecule has 0 spiro atoms. The largest absolute Gasteiger partial charge is 0.396 e. The van der Waals surface area contributed by atoms with Gasteiger partial charge in [0.05, 0.1) is 0 Å². The quantitative estimate of drug-likeness (QED) is 0.708. The summed E-state index contributed by atoms with van der Waals surface area (Å²) < 4.78 is 0. The average Bonchev–Trinajstić information content (AvgIpc) is 2.21. The molecule has 2 nitrogen and oxygen atoms in total. The number of aliphatic hydroxyl groups is 1. The van der Waals surface area contributed by atoms with E-state index in [-0.39, 0.29) is 0 Å². The monoisotopic (exact) mass is 200 g/mol. The topological polar surface area (TPSA) is 37.3 Å². The normalized spacial score (nSPS) is 16.0. The van der Waals surface area contributed by atoms with Gasteiger partial charge in [0.1, 0.15) is 5.78 Å². The smallest absolute Gasteiger partial charge is 0.132 e. The Labute approximate surface area is 87.7 Å². The van der Waals surface area contributed by atoms with Gasteiger partial charge in [-0.3, -0.25) is 4.79 Å². The first-order valence-electron chi connectivity index (χ1n) is 5.93. The predicted octanol–water partition coefficient (Wildman–Crippen LogP) is 3.08. The molecule has 0 aromatic heterocycles. The third-order valence-corrected chi connectivity index (χ3v) is 2.42. The molecule has 0 bridgehead atoms. The standard InChI is InChI=1S/C6H10O.C6H14O/c7-6-4-2-1-3-5-6;1-2-3-4-5-6-7/h1-5H2;7H,2-6H2,1H3. The van der Waals surface area contributed by atoms with E-state index in [1.54, 1.807) is 0 Å². The van der Waals surface area contributed by atoms with Crippen molar-refractivity contribution in [3.8, 4) is 0 Å².